The van der Waals surface area contributed by atoms with Gasteiger partial charge < -0.3 is 10.3 Å². The van der Waals surface area contributed by atoms with Gasteiger partial charge in [-0.1, -0.05) is 0 Å². The fourth-order valence-corrected chi connectivity index (χ4v) is 3.20. The first-order valence-electron chi connectivity index (χ1n) is 8.54. The fourth-order valence-electron chi connectivity index (χ4n) is 3.20. The van der Waals surface area contributed by atoms with Crippen LogP contribution in [0.25, 0.3) is 10.9 Å². The van der Waals surface area contributed by atoms with E-state index in [1.807, 2.05) is 6.07 Å². The first-order valence-corrected chi connectivity index (χ1v) is 8.54. The molecule has 0 spiro atoms. The Morgan fingerprint density at radius 2 is 2.14 bits per heavy atom. The molecule has 1 aromatic carbocycles. The lowest BCUT2D eigenvalue weighted by atomic mass is 9.94. The summed E-state index contributed by atoms with van der Waals surface area (Å²) in [5.41, 5.74) is -0.653. The number of alkyl halides is 1. The van der Waals surface area contributed by atoms with Crippen LogP contribution in [-0.2, 0) is 11.2 Å². The van der Waals surface area contributed by atoms with E-state index in [1.165, 1.54) is 6.07 Å². The Balaban J connectivity index is 1.69. The van der Waals surface area contributed by atoms with Crippen LogP contribution in [0.5, 0.6) is 0 Å². The van der Waals surface area contributed by atoms with Crippen LogP contribution >= 0.6 is 0 Å². The SMILES string of the molecule is N#CC1CC(F)C(CNC(=O)Cc2cc3c(F)c(F)ccc3[nH]c2=O)[N+](=O)C1. The molecule has 28 heavy (non-hydrogen) atoms. The topological polar surface area (TPSA) is 106 Å². The number of benzene rings is 1. The Morgan fingerprint density at radius 1 is 1.39 bits per heavy atom. The third-order valence-electron chi connectivity index (χ3n) is 4.73. The Kier molecular flexibility index (Phi) is 5.44. The van der Waals surface area contributed by atoms with Gasteiger partial charge in [-0.25, -0.2) is 13.2 Å². The maximum absolute atomic E-state index is 14.1. The molecule has 1 fully saturated rings. The second-order valence-electron chi connectivity index (χ2n) is 6.67. The number of carbonyl (C=O) groups excluding carboxylic acids is 1. The van der Waals surface area contributed by atoms with E-state index in [9.17, 15) is 27.7 Å². The Hall–Kier alpha value is -3.22. The van der Waals surface area contributed by atoms with Crippen LogP contribution in [0.1, 0.15) is 12.0 Å². The molecule has 1 amide bonds. The Labute approximate surface area is 156 Å². The number of pyridine rings is 1. The van der Waals surface area contributed by atoms with E-state index in [-0.39, 0.29) is 36.0 Å². The van der Waals surface area contributed by atoms with E-state index < -0.39 is 47.7 Å². The van der Waals surface area contributed by atoms with E-state index in [2.05, 4.69) is 10.3 Å². The Bertz CT molecular complexity index is 1050. The summed E-state index contributed by atoms with van der Waals surface area (Å²) in [7, 11) is 0. The van der Waals surface area contributed by atoms with Crippen molar-refractivity contribution in [3.05, 3.63) is 50.7 Å². The standard InChI is InChI=1S/C18H15F3N4O3/c19-12-1-2-14-11(17(12)21)4-10(18(27)24-14)5-16(26)23-7-15-13(20)3-9(6-22)8-25(15)28/h1-2,4,9,13,15H,3,5,7-8H2,(H-,23,24,26,27)/p+1. The molecule has 3 unspecified atom stereocenters. The van der Waals surface area contributed by atoms with Crippen LogP contribution in [0.2, 0.25) is 0 Å². The van der Waals surface area contributed by atoms with Crippen molar-refractivity contribution < 1.29 is 22.7 Å². The first kappa shape index (κ1) is 19.5. The van der Waals surface area contributed by atoms with E-state index in [0.717, 1.165) is 12.1 Å². The number of rotatable bonds is 4. The number of hydrogen-bond donors (Lipinski definition) is 2. The monoisotopic (exact) mass is 393 g/mol. The van der Waals surface area contributed by atoms with Crippen molar-refractivity contribution in [2.75, 3.05) is 13.1 Å². The number of H-pyrrole nitrogens is 1. The third-order valence-corrected chi connectivity index (χ3v) is 4.73. The second-order valence-corrected chi connectivity index (χ2v) is 6.67. The number of aromatic nitrogens is 1. The summed E-state index contributed by atoms with van der Waals surface area (Å²) in [5.74, 6) is -3.62. The van der Waals surface area contributed by atoms with Gasteiger partial charge in [-0.15, -0.1) is 0 Å². The Morgan fingerprint density at radius 3 is 2.82 bits per heavy atom. The molecule has 0 saturated carbocycles. The van der Waals surface area contributed by atoms with Gasteiger partial charge in [0.05, 0.1) is 24.6 Å². The van der Waals surface area contributed by atoms with Gasteiger partial charge in [-0.3, -0.25) is 9.59 Å². The van der Waals surface area contributed by atoms with Gasteiger partial charge in [0.25, 0.3) is 5.56 Å². The van der Waals surface area contributed by atoms with Gasteiger partial charge in [0, 0.05) is 27.0 Å². The number of nitriles is 1. The summed E-state index contributed by atoms with van der Waals surface area (Å²) >= 11 is 0. The highest BCUT2D eigenvalue weighted by Gasteiger charge is 2.43. The van der Waals surface area contributed by atoms with E-state index >= 15 is 0 Å². The van der Waals surface area contributed by atoms with Crippen LogP contribution < -0.4 is 10.9 Å². The molecule has 0 radical (unpaired) electrons. The van der Waals surface area contributed by atoms with Crippen molar-refractivity contribution in [2.45, 2.75) is 25.1 Å². The molecule has 146 valence electrons. The summed E-state index contributed by atoms with van der Waals surface area (Å²) in [4.78, 5) is 38.4. The average Bonchev–Trinajstić information content (AvgIpc) is 2.65. The number of carbonyl (C=O) groups is 1. The molecule has 0 aliphatic carbocycles. The number of hydrogen-bond acceptors (Lipinski definition) is 4. The smallest absolute Gasteiger partial charge is 0.252 e. The molecule has 7 nitrogen and oxygen atoms in total. The highest BCUT2D eigenvalue weighted by atomic mass is 19.2. The molecule has 1 aromatic heterocycles. The maximum atomic E-state index is 14.1. The number of fused-ring (bicyclic) bond motifs is 1. The largest absolute Gasteiger partial charge is 0.349 e. The number of nitrogens with zero attached hydrogens (tertiary/aromatic N) is 2. The van der Waals surface area contributed by atoms with Crippen LogP contribution in [0.4, 0.5) is 13.2 Å². The second kappa shape index (κ2) is 7.80. The molecule has 2 N–H and O–H groups in total. The molecule has 0 bridgehead atoms. The molecule has 2 aromatic rings. The lowest BCUT2D eigenvalue weighted by Crippen LogP contribution is -2.49. The number of piperidine rings is 1. The van der Waals surface area contributed by atoms with Crippen LogP contribution in [0.15, 0.2) is 23.0 Å². The highest BCUT2D eigenvalue weighted by Crippen LogP contribution is 2.21. The molecule has 3 rings (SSSR count). The zero-order valence-corrected chi connectivity index (χ0v) is 14.5. The first-order chi connectivity index (χ1) is 13.3. The van der Waals surface area contributed by atoms with Crippen molar-refractivity contribution >= 4 is 16.8 Å². The van der Waals surface area contributed by atoms with E-state index in [4.69, 9.17) is 5.26 Å². The molecule has 1 aliphatic rings. The molecule has 2 heterocycles. The van der Waals surface area contributed by atoms with Gasteiger partial charge in [0.1, 0.15) is 5.92 Å². The van der Waals surface area contributed by atoms with Crippen LogP contribution in [-0.4, -0.2) is 41.0 Å². The molecule has 1 aliphatic heterocycles. The number of amides is 1. The fraction of sp³-hybridized carbons (Fsp3) is 0.389. The van der Waals surface area contributed by atoms with Crippen molar-refractivity contribution in [1.29, 1.82) is 5.26 Å². The summed E-state index contributed by atoms with van der Waals surface area (Å²) < 4.78 is 41.7. The van der Waals surface area contributed by atoms with Gasteiger partial charge in [0.15, 0.2) is 17.8 Å². The van der Waals surface area contributed by atoms with Crippen LogP contribution in [0, 0.1) is 33.8 Å². The number of nitroso groups, excluding NO2 is 1. The van der Waals surface area contributed by atoms with Gasteiger partial charge >= 0.3 is 0 Å². The van der Waals surface area contributed by atoms with Crippen molar-refractivity contribution in [3.63, 3.8) is 0 Å². The van der Waals surface area contributed by atoms with Gasteiger partial charge in [-0.05, 0) is 18.2 Å². The molecule has 3 atom stereocenters. The zero-order chi connectivity index (χ0) is 20.4. The molecular formula is C18H16F3N4O3+. The zero-order valence-electron chi connectivity index (χ0n) is 14.5. The van der Waals surface area contributed by atoms with Crippen LogP contribution in [0.3, 0.4) is 0 Å². The number of aromatic amines is 1. The summed E-state index contributed by atoms with van der Waals surface area (Å²) in [5, 5.41) is 11.0. The lowest BCUT2D eigenvalue weighted by molar-refractivity contribution is -0.605. The number of nitrogens with one attached hydrogen (secondary N) is 2. The summed E-state index contributed by atoms with van der Waals surface area (Å²) in [6, 6.07) is 3.89. The minimum atomic E-state index is -1.57. The van der Waals surface area contributed by atoms with Crippen molar-refractivity contribution in [3.8, 4) is 6.07 Å². The summed E-state index contributed by atoms with van der Waals surface area (Å²) in [6.07, 6.45) is -2.12. The predicted molar refractivity (Wildman–Crippen MR) is 92.1 cm³/mol. The minimum absolute atomic E-state index is 0.0876. The minimum Gasteiger partial charge on any atom is -0.349 e. The quantitative estimate of drug-likeness (QED) is 0.768. The average molecular weight is 393 g/mol. The highest BCUT2D eigenvalue weighted by molar-refractivity contribution is 5.83. The lowest BCUT2D eigenvalue weighted by Gasteiger charge is -2.21. The number of halogens is 3. The van der Waals surface area contributed by atoms with Gasteiger partial charge in [-0.2, -0.15) is 5.26 Å². The maximum Gasteiger partial charge on any atom is 0.252 e. The molecular weight excluding hydrogens is 377 g/mol. The third kappa shape index (κ3) is 3.88. The molecule has 1 saturated heterocycles. The van der Waals surface area contributed by atoms with E-state index in [0.29, 0.717) is 4.76 Å². The predicted octanol–water partition coefficient (Wildman–Crippen LogP) is 1.49. The normalized spacial score (nSPS) is 22.1. The van der Waals surface area contributed by atoms with Gasteiger partial charge in [0.2, 0.25) is 18.5 Å². The summed E-state index contributed by atoms with van der Waals surface area (Å²) in [6.45, 7) is -0.442. The molecule has 10 heteroatoms. The van der Waals surface area contributed by atoms with Crippen molar-refractivity contribution in [1.82, 2.24) is 10.3 Å². The van der Waals surface area contributed by atoms with E-state index in [1.54, 1.807) is 0 Å². The van der Waals surface area contributed by atoms with Crippen molar-refractivity contribution in [2.24, 2.45) is 5.92 Å².